The Hall–Kier alpha value is -2.40. The first-order chi connectivity index (χ1) is 9.15. The summed E-state index contributed by atoms with van der Waals surface area (Å²) in [5.74, 6) is -0.964. The lowest BCUT2D eigenvalue weighted by molar-refractivity contribution is 0.0697. The zero-order chi connectivity index (χ0) is 13.7. The first-order valence-electron chi connectivity index (χ1n) is 5.41. The first kappa shape index (κ1) is 13.0. The number of rotatable bonds is 4. The van der Waals surface area contributed by atoms with Crippen molar-refractivity contribution in [2.24, 2.45) is 10.3 Å². The van der Waals surface area contributed by atoms with Crippen LogP contribution in [0.25, 0.3) is 0 Å². The minimum atomic E-state index is -0.964. The van der Waals surface area contributed by atoms with Crippen molar-refractivity contribution in [1.29, 1.82) is 0 Å². The Morgan fingerprint density at radius 3 is 2.26 bits per heavy atom. The molecule has 0 amide bonds. The molecule has 0 radical (unpaired) electrons. The summed E-state index contributed by atoms with van der Waals surface area (Å²) in [4.78, 5) is 10.7. The maximum Gasteiger partial charge on any atom is 0.335 e. The molecule has 5 nitrogen and oxygen atoms in total. The summed E-state index contributed by atoms with van der Waals surface area (Å²) in [7, 11) is 0. The average Bonchev–Trinajstić information content (AvgIpc) is 2.41. The molecule has 0 heterocycles. The van der Waals surface area contributed by atoms with Crippen LogP contribution < -0.4 is 5.43 Å². The SMILES string of the molecule is O=C(O)c1ccc(NN=Nc2ccc(Cl)cc2)cc1. The number of nitrogens with zero attached hydrogens (tertiary/aromatic N) is 2. The van der Waals surface area contributed by atoms with Gasteiger partial charge < -0.3 is 5.11 Å². The van der Waals surface area contributed by atoms with Crippen molar-refractivity contribution in [1.82, 2.24) is 0 Å². The zero-order valence-electron chi connectivity index (χ0n) is 9.75. The van der Waals surface area contributed by atoms with Gasteiger partial charge in [-0.2, -0.15) is 0 Å². The smallest absolute Gasteiger partial charge is 0.335 e. The Bertz CT molecular complexity index is 594. The van der Waals surface area contributed by atoms with Crippen LogP contribution in [-0.4, -0.2) is 11.1 Å². The Morgan fingerprint density at radius 2 is 1.68 bits per heavy atom. The molecule has 0 aliphatic heterocycles. The van der Waals surface area contributed by atoms with E-state index >= 15 is 0 Å². The van der Waals surface area contributed by atoms with Gasteiger partial charge in [0.05, 0.1) is 16.9 Å². The Morgan fingerprint density at radius 1 is 1.05 bits per heavy atom. The van der Waals surface area contributed by atoms with E-state index in [9.17, 15) is 4.79 Å². The van der Waals surface area contributed by atoms with Gasteiger partial charge in [0, 0.05) is 5.02 Å². The molecule has 0 spiro atoms. The summed E-state index contributed by atoms with van der Waals surface area (Å²) in [5.41, 5.74) is 4.25. The normalized spacial score (nSPS) is 10.6. The van der Waals surface area contributed by atoms with Crippen LogP contribution in [0.1, 0.15) is 10.4 Å². The van der Waals surface area contributed by atoms with Crippen LogP contribution in [0.3, 0.4) is 0 Å². The zero-order valence-corrected chi connectivity index (χ0v) is 10.5. The van der Waals surface area contributed by atoms with Gasteiger partial charge in [-0.1, -0.05) is 16.8 Å². The third-order valence-corrected chi connectivity index (χ3v) is 2.56. The maximum atomic E-state index is 10.7. The molecule has 6 heteroatoms. The Kier molecular flexibility index (Phi) is 4.10. The van der Waals surface area contributed by atoms with Gasteiger partial charge in [0.25, 0.3) is 0 Å². The number of nitrogens with one attached hydrogen (secondary N) is 1. The van der Waals surface area contributed by atoms with Crippen LogP contribution in [0.2, 0.25) is 5.02 Å². The summed E-state index contributed by atoms with van der Waals surface area (Å²) in [5, 5.41) is 17.1. The van der Waals surface area contributed by atoms with Crippen molar-refractivity contribution in [3.63, 3.8) is 0 Å². The van der Waals surface area contributed by atoms with Gasteiger partial charge in [0.15, 0.2) is 0 Å². The van der Waals surface area contributed by atoms with Crippen LogP contribution in [0, 0.1) is 0 Å². The molecular formula is C13H10ClN3O2. The topological polar surface area (TPSA) is 74.0 Å². The van der Waals surface area contributed by atoms with E-state index in [2.05, 4.69) is 15.8 Å². The summed E-state index contributed by atoms with van der Waals surface area (Å²) in [6.45, 7) is 0. The molecule has 19 heavy (non-hydrogen) atoms. The second kappa shape index (κ2) is 5.97. The van der Waals surface area contributed by atoms with Gasteiger partial charge in [-0.05, 0) is 48.5 Å². The van der Waals surface area contributed by atoms with Crippen molar-refractivity contribution in [2.45, 2.75) is 0 Å². The monoisotopic (exact) mass is 275 g/mol. The number of hydrogen-bond acceptors (Lipinski definition) is 3. The predicted molar refractivity (Wildman–Crippen MR) is 73.0 cm³/mol. The maximum absolute atomic E-state index is 10.7. The van der Waals surface area contributed by atoms with Gasteiger partial charge in [-0.3, -0.25) is 5.43 Å². The van der Waals surface area contributed by atoms with Gasteiger partial charge in [0.1, 0.15) is 0 Å². The fourth-order valence-electron chi connectivity index (χ4n) is 1.34. The molecule has 2 N–H and O–H groups in total. The van der Waals surface area contributed by atoms with Crippen LogP contribution in [0.15, 0.2) is 58.9 Å². The highest BCUT2D eigenvalue weighted by atomic mass is 35.5. The lowest BCUT2D eigenvalue weighted by Crippen LogP contribution is -1.95. The van der Waals surface area contributed by atoms with E-state index in [1.807, 2.05) is 0 Å². The Balaban J connectivity index is 1.98. The molecule has 0 aliphatic carbocycles. The number of benzene rings is 2. The lowest BCUT2D eigenvalue weighted by Gasteiger charge is -1.99. The predicted octanol–water partition coefficient (Wildman–Crippen LogP) is 4.15. The first-order valence-corrected chi connectivity index (χ1v) is 5.78. The summed E-state index contributed by atoms with van der Waals surface area (Å²) >= 11 is 5.75. The number of carboxylic acids is 1. The van der Waals surface area contributed by atoms with Crippen molar-refractivity contribution < 1.29 is 9.90 Å². The third-order valence-electron chi connectivity index (χ3n) is 2.30. The van der Waals surface area contributed by atoms with E-state index in [4.69, 9.17) is 16.7 Å². The average molecular weight is 276 g/mol. The highest BCUT2D eigenvalue weighted by Crippen LogP contribution is 2.17. The van der Waals surface area contributed by atoms with Crippen molar-refractivity contribution in [2.75, 3.05) is 5.43 Å². The van der Waals surface area contributed by atoms with E-state index in [-0.39, 0.29) is 5.56 Å². The van der Waals surface area contributed by atoms with Gasteiger partial charge >= 0.3 is 5.97 Å². The fraction of sp³-hybridized carbons (Fsp3) is 0. The molecule has 0 aliphatic rings. The highest BCUT2D eigenvalue weighted by Gasteiger charge is 2.00. The van der Waals surface area contributed by atoms with E-state index in [1.54, 1.807) is 36.4 Å². The molecule has 0 fully saturated rings. The Labute approximate surface area is 114 Å². The number of halogens is 1. The van der Waals surface area contributed by atoms with Crippen molar-refractivity contribution >= 4 is 28.9 Å². The molecule has 0 bridgehead atoms. The molecule has 0 unspecified atom stereocenters. The van der Waals surface area contributed by atoms with E-state index in [1.165, 1.54) is 12.1 Å². The van der Waals surface area contributed by atoms with Crippen LogP contribution in [0.5, 0.6) is 0 Å². The second-order valence-corrected chi connectivity index (χ2v) is 4.11. The number of carboxylic acid groups (broad SMARTS) is 1. The van der Waals surface area contributed by atoms with Gasteiger partial charge in [0.2, 0.25) is 0 Å². The highest BCUT2D eigenvalue weighted by molar-refractivity contribution is 6.30. The molecule has 2 aromatic carbocycles. The molecule has 0 aromatic heterocycles. The fourth-order valence-corrected chi connectivity index (χ4v) is 1.46. The molecule has 2 aromatic rings. The van der Waals surface area contributed by atoms with Crippen LogP contribution >= 0.6 is 11.6 Å². The minimum absolute atomic E-state index is 0.222. The van der Waals surface area contributed by atoms with Crippen molar-refractivity contribution in [3.8, 4) is 0 Å². The summed E-state index contributed by atoms with van der Waals surface area (Å²) < 4.78 is 0. The second-order valence-electron chi connectivity index (χ2n) is 3.67. The third kappa shape index (κ3) is 3.79. The lowest BCUT2D eigenvalue weighted by atomic mass is 10.2. The van der Waals surface area contributed by atoms with E-state index in [0.717, 1.165) is 0 Å². The van der Waals surface area contributed by atoms with E-state index in [0.29, 0.717) is 16.4 Å². The van der Waals surface area contributed by atoms with Gasteiger partial charge in [-0.15, -0.1) is 5.11 Å². The molecule has 96 valence electrons. The quantitative estimate of drug-likeness (QED) is 0.650. The molecule has 0 saturated carbocycles. The van der Waals surface area contributed by atoms with E-state index < -0.39 is 5.97 Å². The minimum Gasteiger partial charge on any atom is -0.478 e. The summed E-state index contributed by atoms with van der Waals surface area (Å²) in [6.07, 6.45) is 0. The number of carbonyl (C=O) groups is 1. The molecule has 2 rings (SSSR count). The van der Waals surface area contributed by atoms with Crippen LogP contribution in [0.4, 0.5) is 11.4 Å². The van der Waals surface area contributed by atoms with Gasteiger partial charge in [-0.25, -0.2) is 4.79 Å². The number of aromatic carboxylic acids is 1. The number of hydrogen-bond donors (Lipinski definition) is 2. The van der Waals surface area contributed by atoms with Crippen LogP contribution in [-0.2, 0) is 0 Å². The largest absolute Gasteiger partial charge is 0.478 e. The van der Waals surface area contributed by atoms with Crippen molar-refractivity contribution in [3.05, 3.63) is 59.1 Å². The molecule has 0 saturated heterocycles. The molecule has 0 atom stereocenters. The summed E-state index contributed by atoms with van der Waals surface area (Å²) in [6, 6.07) is 13.1. The number of anilines is 1. The standard InChI is InChI=1S/C13H10ClN3O2/c14-10-3-7-12(8-4-10)16-17-15-11-5-1-9(2-6-11)13(18)19/h1-8H,(H,15,16)(H,18,19). The molecular weight excluding hydrogens is 266 g/mol.